The maximum absolute atomic E-state index is 11.4. The van der Waals surface area contributed by atoms with Gasteiger partial charge in [-0.1, -0.05) is 13.8 Å². The summed E-state index contributed by atoms with van der Waals surface area (Å²) < 4.78 is 0. The van der Waals surface area contributed by atoms with Crippen LogP contribution in [0.3, 0.4) is 0 Å². The molecule has 3 heteroatoms. The molecule has 1 heterocycles. The molecule has 0 spiro atoms. The summed E-state index contributed by atoms with van der Waals surface area (Å²) in [6, 6.07) is 0.0845. The predicted octanol–water partition coefficient (Wildman–Crippen LogP) is 1.61. The second kappa shape index (κ2) is 4.11. The van der Waals surface area contributed by atoms with Gasteiger partial charge in [-0.3, -0.25) is 9.59 Å². The number of carbonyl (C=O) groups is 2. The largest absolute Gasteiger partial charge is 0.330 e. The number of Topliss-reactive ketones (excluding diaryl/α,β-unsaturated/α-hetero) is 1. The zero-order chi connectivity index (χ0) is 10.9. The molecule has 1 rings (SSSR count). The first kappa shape index (κ1) is 11.2. The van der Waals surface area contributed by atoms with Crippen LogP contribution in [-0.2, 0) is 9.59 Å². The zero-order valence-electron chi connectivity index (χ0n) is 9.41. The van der Waals surface area contributed by atoms with E-state index in [1.165, 1.54) is 0 Å². The summed E-state index contributed by atoms with van der Waals surface area (Å²) in [4.78, 5) is 24.6. The summed E-state index contributed by atoms with van der Waals surface area (Å²) in [6.07, 6.45) is 1.79. The molecule has 0 aromatic carbocycles. The van der Waals surface area contributed by atoms with E-state index in [0.29, 0.717) is 5.92 Å². The highest BCUT2D eigenvalue weighted by Crippen LogP contribution is 2.29. The highest BCUT2D eigenvalue weighted by Gasteiger charge is 2.38. The molecule has 0 radical (unpaired) electrons. The number of ketones is 1. The van der Waals surface area contributed by atoms with Crippen LogP contribution in [0.25, 0.3) is 0 Å². The van der Waals surface area contributed by atoms with Gasteiger partial charge in [0.25, 0.3) is 0 Å². The van der Waals surface area contributed by atoms with Crippen LogP contribution in [0.5, 0.6) is 0 Å². The topological polar surface area (TPSA) is 37.4 Å². The molecule has 1 fully saturated rings. The lowest BCUT2D eigenvalue weighted by Gasteiger charge is -2.30. The van der Waals surface area contributed by atoms with Crippen LogP contribution < -0.4 is 0 Å². The summed E-state index contributed by atoms with van der Waals surface area (Å²) in [7, 11) is 0. The van der Waals surface area contributed by atoms with Crippen molar-refractivity contribution >= 4 is 11.7 Å². The fourth-order valence-electron chi connectivity index (χ4n) is 2.34. The second-order valence-corrected chi connectivity index (χ2v) is 4.44. The van der Waals surface area contributed by atoms with Crippen molar-refractivity contribution in [3.8, 4) is 0 Å². The average molecular weight is 197 g/mol. The molecule has 0 aromatic rings. The maximum atomic E-state index is 11.4. The lowest BCUT2D eigenvalue weighted by atomic mass is 10.0. The Labute approximate surface area is 85.5 Å². The van der Waals surface area contributed by atoms with E-state index in [1.54, 1.807) is 18.7 Å². The third-order valence-corrected chi connectivity index (χ3v) is 3.03. The van der Waals surface area contributed by atoms with Gasteiger partial charge in [0.2, 0.25) is 5.91 Å². The van der Waals surface area contributed by atoms with Gasteiger partial charge >= 0.3 is 0 Å². The fraction of sp³-hybridized carbons (Fsp3) is 0.818. The Kier molecular flexibility index (Phi) is 3.29. The van der Waals surface area contributed by atoms with Gasteiger partial charge in [-0.25, -0.2) is 0 Å². The normalized spacial score (nSPS) is 27.1. The molecular formula is C11H19NO2. The Hall–Kier alpha value is -0.860. The van der Waals surface area contributed by atoms with Gasteiger partial charge in [0.05, 0.1) is 6.04 Å². The molecule has 1 aliphatic rings. The molecule has 0 N–H and O–H groups in total. The summed E-state index contributed by atoms with van der Waals surface area (Å²) in [5.74, 6) is 0.577. The van der Waals surface area contributed by atoms with Crippen LogP contribution in [0, 0.1) is 5.92 Å². The molecule has 0 saturated carbocycles. The minimum absolute atomic E-state index is 0.0291. The van der Waals surface area contributed by atoms with Gasteiger partial charge in [-0.2, -0.15) is 0 Å². The molecule has 0 bridgehead atoms. The third-order valence-electron chi connectivity index (χ3n) is 3.03. The van der Waals surface area contributed by atoms with Crippen molar-refractivity contribution in [3.05, 3.63) is 0 Å². The van der Waals surface area contributed by atoms with E-state index in [9.17, 15) is 9.59 Å². The Morgan fingerprint density at radius 2 is 1.79 bits per heavy atom. The highest BCUT2D eigenvalue weighted by atomic mass is 16.2. The number of likely N-dealkylation sites (tertiary alicyclic amines) is 1. The quantitative estimate of drug-likeness (QED) is 0.674. The Morgan fingerprint density at radius 3 is 2.14 bits per heavy atom. The number of rotatable bonds is 2. The van der Waals surface area contributed by atoms with Crippen molar-refractivity contribution in [2.75, 3.05) is 0 Å². The van der Waals surface area contributed by atoms with Crippen molar-refractivity contribution in [2.24, 2.45) is 5.92 Å². The van der Waals surface area contributed by atoms with Gasteiger partial charge in [0, 0.05) is 13.0 Å². The first-order valence-electron chi connectivity index (χ1n) is 5.24. The molecule has 0 aromatic heterocycles. The molecule has 14 heavy (non-hydrogen) atoms. The minimum atomic E-state index is -0.167. The van der Waals surface area contributed by atoms with Crippen molar-refractivity contribution in [1.82, 2.24) is 4.90 Å². The highest BCUT2D eigenvalue weighted by molar-refractivity contribution is 5.87. The van der Waals surface area contributed by atoms with E-state index in [4.69, 9.17) is 0 Å². The monoisotopic (exact) mass is 197 g/mol. The molecule has 1 amide bonds. The van der Waals surface area contributed by atoms with Crippen LogP contribution in [0.15, 0.2) is 0 Å². The van der Waals surface area contributed by atoms with Crippen molar-refractivity contribution in [1.29, 1.82) is 0 Å². The van der Waals surface area contributed by atoms with E-state index in [1.807, 2.05) is 0 Å². The molecule has 1 aliphatic heterocycles. The van der Waals surface area contributed by atoms with E-state index < -0.39 is 0 Å². The molecule has 1 unspecified atom stereocenters. The Bertz CT molecular complexity index is 248. The van der Waals surface area contributed by atoms with Gasteiger partial charge < -0.3 is 4.90 Å². The van der Waals surface area contributed by atoms with Gasteiger partial charge in [-0.05, 0) is 25.7 Å². The fourth-order valence-corrected chi connectivity index (χ4v) is 2.34. The van der Waals surface area contributed by atoms with Crippen LogP contribution in [0.1, 0.15) is 40.5 Å². The summed E-state index contributed by atoms with van der Waals surface area (Å²) in [6.45, 7) is 7.33. The number of hydrogen-bond donors (Lipinski definition) is 0. The Balaban J connectivity index is 2.85. The average Bonchev–Trinajstić information content (AvgIpc) is 2.46. The van der Waals surface area contributed by atoms with Crippen LogP contribution in [0.2, 0.25) is 0 Å². The zero-order valence-corrected chi connectivity index (χ0v) is 9.41. The van der Waals surface area contributed by atoms with Crippen LogP contribution in [-0.4, -0.2) is 28.7 Å². The lowest BCUT2D eigenvalue weighted by molar-refractivity contribution is -0.137. The van der Waals surface area contributed by atoms with E-state index in [0.717, 1.165) is 12.8 Å². The van der Waals surface area contributed by atoms with Crippen molar-refractivity contribution < 1.29 is 9.59 Å². The van der Waals surface area contributed by atoms with Crippen LogP contribution in [0.4, 0.5) is 0 Å². The Morgan fingerprint density at radius 1 is 1.21 bits per heavy atom. The van der Waals surface area contributed by atoms with Gasteiger partial charge in [0.15, 0.2) is 5.78 Å². The van der Waals surface area contributed by atoms with E-state index >= 15 is 0 Å². The molecule has 80 valence electrons. The van der Waals surface area contributed by atoms with Gasteiger partial charge in [0.1, 0.15) is 0 Å². The predicted molar refractivity (Wildman–Crippen MR) is 54.8 cm³/mol. The number of amides is 1. The lowest BCUT2D eigenvalue weighted by Crippen LogP contribution is -2.45. The number of nitrogens with zero attached hydrogens (tertiary/aromatic N) is 1. The SMILES string of the molecule is CC(=O)[C@@H]1CCC(C(C)C)N1C(C)=O. The number of hydrogen-bond acceptors (Lipinski definition) is 2. The van der Waals surface area contributed by atoms with E-state index in [-0.39, 0.29) is 23.8 Å². The standard InChI is InChI=1S/C11H19NO2/c1-7(2)10-5-6-11(8(3)13)12(10)9(4)14/h7,10-11H,5-6H2,1-4H3/t10?,11-/m0/s1. The molecule has 0 aliphatic carbocycles. The molecule has 1 saturated heterocycles. The first-order valence-corrected chi connectivity index (χ1v) is 5.24. The van der Waals surface area contributed by atoms with Crippen LogP contribution >= 0.6 is 0 Å². The molecular weight excluding hydrogens is 178 g/mol. The summed E-state index contributed by atoms with van der Waals surface area (Å²) in [5, 5.41) is 0. The number of carbonyl (C=O) groups excluding carboxylic acids is 2. The smallest absolute Gasteiger partial charge is 0.220 e. The van der Waals surface area contributed by atoms with E-state index in [2.05, 4.69) is 13.8 Å². The van der Waals surface area contributed by atoms with Crippen molar-refractivity contribution in [3.63, 3.8) is 0 Å². The molecule has 3 nitrogen and oxygen atoms in total. The van der Waals surface area contributed by atoms with Gasteiger partial charge in [-0.15, -0.1) is 0 Å². The summed E-state index contributed by atoms with van der Waals surface area (Å²) >= 11 is 0. The maximum Gasteiger partial charge on any atom is 0.220 e. The first-order chi connectivity index (χ1) is 6.45. The molecule has 2 atom stereocenters. The summed E-state index contributed by atoms with van der Waals surface area (Å²) in [5.41, 5.74) is 0. The van der Waals surface area contributed by atoms with Crippen molar-refractivity contribution in [2.45, 2.75) is 52.6 Å². The second-order valence-electron chi connectivity index (χ2n) is 4.44. The minimum Gasteiger partial charge on any atom is -0.330 e. The third kappa shape index (κ3) is 1.97.